The van der Waals surface area contributed by atoms with Crippen molar-refractivity contribution in [3.05, 3.63) is 35.4 Å². The summed E-state index contributed by atoms with van der Waals surface area (Å²) in [6.07, 6.45) is 2.51. The summed E-state index contributed by atoms with van der Waals surface area (Å²) in [5.74, 6) is -0.444. The third-order valence-electron chi connectivity index (χ3n) is 4.31. The van der Waals surface area contributed by atoms with Gasteiger partial charge in [0.2, 0.25) is 0 Å². The van der Waals surface area contributed by atoms with E-state index in [1.165, 1.54) is 5.56 Å². The van der Waals surface area contributed by atoms with Gasteiger partial charge in [0.1, 0.15) is 5.54 Å². The van der Waals surface area contributed by atoms with Gasteiger partial charge in [-0.05, 0) is 30.5 Å². The first-order valence-electron chi connectivity index (χ1n) is 7.56. The van der Waals surface area contributed by atoms with Crippen molar-refractivity contribution in [1.29, 1.82) is 0 Å². The largest absolute Gasteiger partial charge is 0.336 e. The fraction of sp³-hybridized carbons (Fsp3) is 0.438. The number of hydrogen-bond donors (Lipinski definition) is 2. The van der Waals surface area contributed by atoms with Gasteiger partial charge in [0, 0.05) is 12.1 Å². The van der Waals surface area contributed by atoms with Crippen molar-refractivity contribution >= 4 is 17.8 Å². The van der Waals surface area contributed by atoms with Crippen molar-refractivity contribution in [1.82, 2.24) is 15.5 Å². The Morgan fingerprint density at radius 3 is 2.59 bits per heavy atom. The maximum Gasteiger partial charge on any atom is 0.322 e. The Balaban J connectivity index is 1.71. The van der Waals surface area contributed by atoms with Crippen LogP contribution in [0.2, 0.25) is 0 Å². The van der Waals surface area contributed by atoms with Gasteiger partial charge in [-0.1, -0.05) is 25.5 Å². The van der Waals surface area contributed by atoms with Gasteiger partial charge < -0.3 is 10.2 Å². The van der Waals surface area contributed by atoms with Gasteiger partial charge >= 0.3 is 6.03 Å². The van der Waals surface area contributed by atoms with E-state index in [1.807, 2.05) is 24.3 Å². The number of nitrogens with zero attached hydrogens (tertiary/aromatic N) is 1. The highest BCUT2D eigenvalue weighted by Gasteiger charge is 2.51. The van der Waals surface area contributed by atoms with E-state index >= 15 is 0 Å². The van der Waals surface area contributed by atoms with Gasteiger partial charge in [-0.3, -0.25) is 14.9 Å². The van der Waals surface area contributed by atoms with Crippen LogP contribution in [0.3, 0.4) is 0 Å². The van der Waals surface area contributed by atoms with Crippen molar-refractivity contribution in [2.24, 2.45) is 0 Å². The van der Waals surface area contributed by atoms with Crippen LogP contribution in [0.1, 0.15) is 35.7 Å². The van der Waals surface area contributed by atoms with Crippen molar-refractivity contribution in [2.75, 3.05) is 13.1 Å². The van der Waals surface area contributed by atoms with E-state index in [0.717, 1.165) is 12.8 Å². The molecule has 2 aliphatic heterocycles. The topological polar surface area (TPSA) is 78.5 Å². The van der Waals surface area contributed by atoms with E-state index in [1.54, 1.807) is 4.90 Å². The molecule has 1 unspecified atom stereocenters. The van der Waals surface area contributed by atoms with E-state index in [-0.39, 0.29) is 18.4 Å². The second-order valence-electron chi connectivity index (χ2n) is 5.91. The Morgan fingerprint density at radius 2 is 2.00 bits per heavy atom. The first-order valence-corrected chi connectivity index (χ1v) is 7.56. The lowest BCUT2D eigenvalue weighted by atomic mass is 9.99. The van der Waals surface area contributed by atoms with E-state index in [0.29, 0.717) is 18.5 Å². The first kappa shape index (κ1) is 14.6. The number of likely N-dealkylation sites (tertiary alicyclic amines) is 1. The molecule has 1 aromatic carbocycles. The number of carbonyl (C=O) groups is 3. The molecule has 2 heterocycles. The molecule has 3 rings (SSSR count). The molecular formula is C16H19N3O3. The van der Waals surface area contributed by atoms with E-state index in [9.17, 15) is 14.4 Å². The summed E-state index contributed by atoms with van der Waals surface area (Å²) in [6.45, 7) is 2.80. The maximum atomic E-state index is 12.5. The lowest BCUT2D eigenvalue weighted by Crippen LogP contribution is -2.49. The zero-order valence-electron chi connectivity index (χ0n) is 12.5. The molecule has 116 valence electrons. The third kappa shape index (κ3) is 2.45. The number of carbonyl (C=O) groups excluding carboxylic acids is 3. The molecule has 2 aliphatic rings. The summed E-state index contributed by atoms with van der Waals surface area (Å²) in [6, 6.07) is 7.10. The summed E-state index contributed by atoms with van der Waals surface area (Å²) in [5.41, 5.74) is 0.871. The molecule has 0 aliphatic carbocycles. The van der Waals surface area contributed by atoms with Crippen LogP contribution in [0.15, 0.2) is 24.3 Å². The van der Waals surface area contributed by atoms with E-state index < -0.39 is 11.6 Å². The van der Waals surface area contributed by atoms with Crippen LogP contribution in [0, 0.1) is 0 Å². The first-order chi connectivity index (χ1) is 10.5. The number of hydrogen-bond acceptors (Lipinski definition) is 3. The normalized spacial score (nSPS) is 23.8. The van der Waals surface area contributed by atoms with Crippen LogP contribution in [0.5, 0.6) is 0 Å². The number of urea groups is 1. The second-order valence-corrected chi connectivity index (χ2v) is 5.91. The molecule has 0 saturated carbocycles. The van der Waals surface area contributed by atoms with Gasteiger partial charge in [0.25, 0.3) is 11.8 Å². The van der Waals surface area contributed by atoms with E-state index in [2.05, 4.69) is 17.6 Å². The fourth-order valence-electron chi connectivity index (χ4n) is 3.08. The van der Waals surface area contributed by atoms with Crippen molar-refractivity contribution < 1.29 is 14.4 Å². The zero-order valence-corrected chi connectivity index (χ0v) is 12.5. The Labute approximate surface area is 128 Å². The number of amides is 4. The third-order valence-corrected chi connectivity index (χ3v) is 4.31. The fourth-order valence-corrected chi connectivity index (χ4v) is 3.08. The molecule has 6 nitrogen and oxygen atoms in total. The van der Waals surface area contributed by atoms with Crippen molar-refractivity contribution in [3.8, 4) is 0 Å². The molecule has 1 atom stereocenters. The van der Waals surface area contributed by atoms with Crippen LogP contribution < -0.4 is 10.6 Å². The van der Waals surface area contributed by atoms with Crippen LogP contribution in [-0.2, 0) is 11.2 Å². The Kier molecular flexibility index (Phi) is 3.60. The maximum absolute atomic E-state index is 12.5. The molecule has 1 aromatic rings. The van der Waals surface area contributed by atoms with Crippen LogP contribution in [0.4, 0.5) is 4.79 Å². The molecule has 2 saturated heterocycles. The molecule has 0 aromatic heterocycles. The molecule has 2 fully saturated rings. The molecule has 0 radical (unpaired) electrons. The van der Waals surface area contributed by atoms with E-state index in [4.69, 9.17) is 0 Å². The highest BCUT2D eigenvalue weighted by atomic mass is 16.2. The number of benzene rings is 1. The average Bonchev–Trinajstić information content (AvgIpc) is 3.04. The Bertz CT molecular complexity index is 626. The Hall–Kier alpha value is -2.37. The van der Waals surface area contributed by atoms with Gasteiger partial charge in [-0.15, -0.1) is 0 Å². The van der Waals surface area contributed by atoms with Crippen LogP contribution >= 0.6 is 0 Å². The summed E-state index contributed by atoms with van der Waals surface area (Å²) in [5, 5.41) is 4.89. The van der Waals surface area contributed by atoms with Crippen LogP contribution in [0.25, 0.3) is 0 Å². The molecule has 4 amide bonds. The summed E-state index contributed by atoms with van der Waals surface area (Å²) in [4.78, 5) is 37.4. The standard InChI is InChI=1S/C16H19N3O3/c1-2-3-11-4-6-12(7-5-11)13(20)19-9-8-16(10-19)14(21)17-15(22)18-16/h4-7H,2-3,8-10H2,1H3,(H2,17,18,21,22). The SMILES string of the molecule is CCCc1ccc(C(=O)N2CCC3(C2)NC(=O)NC3=O)cc1. The number of aryl methyl sites for hydroxylation is 1. The van der Waals surface area contributed by atoms with Gasteiger partial charge in [0.05, 0.1) is 6.54 Å². The highest BCUT2D eigenvalue weighted by molar-refractivity contribution is 6.08. The number of rotatable bonds is 3. The molecule has 6 heteroatoms. The summed E-state index contributed by atoms with van der Waals surface area (Å²) >= 11 is 0. The minimum atomic E-state index is -0.950. The smallest absolute Gasteiger partial charge is 0.322 e. The van der Waals surface area contributed by atoms with Crippen molar-refractivity contribution in [2.45, 2.75) is 31.7 Å². The summed E-state index contributed by atoms with van der Waals surface area (Å²) in [7, 11) is 0. The van der Waals surface area contributed by atoms with Gasteiger partial charge in [0.15, 0.2) is 0 Å². The minimum absolute atomic E-state index is 0.103. The molecular weight excluding hydrogens is 282 g/mol. The molecule has 2 N–H and O–H groups in total. The predicted octanol–water partition coefficient (Wildman–Crippen LogP) is 1.06. The lowest BCUT2D eigenvalue weighted by Gasteiger charge is -2.21. The number of imide groups is 1. The highest BCUT2D eigenvalue weighted by Crippen LogP contribution is 2.26. The zero-order chi connectivity index (χ0) is 15.7. The molecule has 0 bridgehead atoms. The van der Waals surface area contributed by atoms with Gasteiger partial charge in [-0.2, -0.15) is 0 Å². The number of nitrogens with one attached hydrogen (secondary N) is 2. The molecule has 1 spiro atoms. The predicted molar refractivity (Wildman–Crippen MR) is 80.4 cm³/mol. The second kappa shape index (κ2) is 5.44. The average molecular weight is 301 g/mol. The quantitative estimate of drug-likeness (QED) is 0.820. The van der Waals surface area contributed by atoms with Crippen molar-refractivity contribution in [3.63, 3.8) is 0 Å². The van der Waals surface area contributed by atoms with Gasteiger partial charge in [-0.25, -0.2) is 4.79 Å². The summed E-state index contributed by atoms with van der Waals surface area (Å²) < 4.78 is 0. The molecule has 22 heavy (non-hydrogen) atoms. The lowest BCUT2D eigenvalue weighted by molar-refractivity contribution is -0.123. The van der Waals surface area contributed by atoms with Crippen LogP contribution in [-0.4, -0.2) is 41.4 Å². The monoisotopic (exact) mass is 301 g/mol. The Morgan fingerprint density at radius 1 is 1.27 bits per heavy atom. The minimum Gasteiger partial charge on any atom is -0.336 e.